The lowest BCUT2D eigenvalue weighted by Gasteiger charge is -2.15. The maximum Gasteiger partial charge on any atom is 0.306 e. The molecule has 5 nitrogen and oxygen atoms in total. The predicted octanol–water partition coefficient (Wildman–Crippen LogP) is 27.1. The molecular formula is C79H152O5. The summed E-state index contributed by atoms with van der Waals surface area (Å²) in [5.41, 5.74) is 0. The molecule has 5 heteroatoms. The molecule has 0 heterocycles. The van der Waals surface area contributed by atoms with Crippen molar-refractivity contribution >= 4 is 11.9 Å². The van der Waals surface area contributed by atoms with Crippen LogP contribution >= 0.6 is 0 Å². The Labute approximate surface area is 527 Å². The van der Waals surface area contributed by atoms with E-state index in [0.29, 0.717) is 12.8 Å². The first kappa shape index (κ1) is 82.4. The predicted molar refractivity (Wildman–Crippen MR) is 372 cm³/mol. The Morgan fingerprint density at radius 3 is 0.702 bits per heavy atom. The molecule has 0 saturated carbocycles. The number of ether oxygens (including phenoxy) is 2. The molecule has 1 unspecified atom stereocenters. The monoisotopic (exact) mass is 1180 g/mol. The molecule has 0 radical (unpaired) electrons. The summed E-state index contributed by atoms with van der Waals surface area (Å²) in [6.45, 7) is 4.21. The van der Waals surface area contributed by atoms with Gasteiger partial charge in [0, 0.05) is 12.8 Å². The van der Waals surface area contributed by atoms with Gasteiger partial charge >= 0.3 is 11.9 Å². The van der Waals surface area contributed by atoms with Crippen LogP contribution in [-0.4, -0.2) is 36.4 Å². The second-order valence-electron chi connectivity index (χ2n) is 26.8. The van der Waals surface area contributed by atoms with Gasteiger partial charge in [0.1, 0.15) is 6.61 Å². The Morgan fingerprint density at radius 2 is 0.476 bits per heavy atom. The van der Waals surface area contributed by atoms with Crippen molar-refractivity contribution in [2.75, 3.05) is 13.2 Å². The lowest BCUT2D eigenvalue weighted by atomic mass is 10.0. The molecular weight excluding hydrogens is 1030 g/mol. The number of unbranched alkanes of at least 4 members (excludes halogenated alkanes) is 62. The third-order valence-corrected chi connectivity index (χ3v) is 18.2. The standard InChI is InChI=1S/C79H152O5/c1-3-5-7-9-11-13-15-17-19-21-23-25-27-29-31-33-35-37-38-39-40-42-43-45-47-49-51-53-55-57-59-61-63-65-67-69-71-73-78(81)83-76-77(75-80)84-79(82)74-72-70-68-66-64-62-60-58-56-54-52-50-48-46-44-41-36-34-32-30-28-26-24-22-20-18-16-14-12-10-8-6-4-2/h16,18,22,24,77,80H,3-15,17,19-21,23,25-76H2,1-2H3/b18-16-,24-22-. The number of carbonyl (C=O) groups excluding carboxylic acids is 2. The molecule has 0 spiro atoms. The lowest BCUT2D eigenvalue weighted by molar-refractivity contribution is -0.161. The number of hydrogen-bond acceptors (Lipinski definition) is 5. The van der Waals surface area contributed by atoms with Crippen molar-refractivity contribution in [1.82, 2.24) is 0 Å². The highest BCUT2D eigenvalue weighted by Gasteiger charge is 2.16. The maximum absolute atomic E-state index is 12.4. The molecule has 1 atom stereocenters. The fourth-order valence-corrected chi connectivity index (χ4v) is 12.4. The number of allylic oxidation sites excluding steroid dienone is 4. The van der Waals surface area contributed by atoms with E-state index in [0.717, 1.165) is 38.5 Å². The van der Waals surface area contributed by atoms with Gasteiger partial charge in [-0.3, -0.25) is 9.59 Å². The topological polar surface area (TPSA) is 72.8 Å². The van der Waals surface area contributed by atoms with Gasteiger partial charge in [-0.2, -0.15) is 0 Å². The van der Waals surface area contributed by atoms with Gasteiger partial charge in [-0.05, 0) is 44.9 Å². The van der Waals surface area contributed by atoms with Gasteiger partial charge in [-0.15, -0.1) is 0 Å². The molecule has 0 aliphatic heterocycles. The number of hydrogen-bond donors (Lipinski definition) is 1. The summed E-state index contributed by atoms with van der Waals surface area (Å²) in [6.07, 6.45) is 99.8. The molecule has 1 N–H and O–H groups in total. The van der Waals surface area contributed by atoms with E-state index in [1.807, 2.05) is 0 Å². The summed E-state index contributed by atoms with van der Waals surface area (Å²) in [5.74, 6) is -0.560. The fourth-order valence-electron chi connectivity index (χ4n) is 12.4. The van der Waals surface area contributed by atoms with Crippen LogP contribution in [0.1, 0.15) is 450 Å². The van der Waals surface area contributed by atoms with Crippen molar-refractivity contribution in [3.63, 3.8) is 0 Å². The normalized spacial score (nSPS) is 12.2. The van der Waals surface area contributed by atoms with E-state index in [4.69, 9.17) is 9.47 Å². The first-order chi connectivity index (χ1) is 41.6. The third kappa shape index (κ3) is 72.9. The Balaban J connectivity index is 3.35. The van der Waals surface area contributed by atoms with Gasteiger partial charge in [0.2, 0.25) is 0 Å². The van der Waals surface area contributed by atoms with Crippen molar-refractivity contribution < 1.29 is 24.2 Å². The van der Waals surface area contributed by atoms with E-state index in [-0.39, 0.29) is 25.2 Å². The quantitative estimate of drug-likeness (QED) is 0.0373. The van der Waals surface area contributed by atoms with E-state index in [1.54, 1.807) is 0 Å². The van der Waals surface area contributed by atoms with E-state index >= 15 is 0 Å². The summed E-state index contributed by atoms with van der Waals surface area (Å²) >= 11 is 0. The second-order valence-corrected chi connectivity index (χ2v) is 26.8. The van der Waals surface area contributed by atoms with Crippen LogP contribution in [0.5, 0.6) is 0 Å². The maximum atomic E-state index is 12.4. The third-order valence-electron chi connectivity index (χ3n) is 18.2. The van der Waals surface area contributed by atoms with Crippen molar-refractivity contribution in [3.05, 3.63) is 24.3 Å². The van der Waals surface area contributed by atoms with Crippen molar-refractivity contribution in [2.45, 2.75) is 457 Å². The minimum Gasteiger partial charge on any atom is -0.462 e. The van der Waals surface area contributed by atoms with Gasteiger partial charge < -0.3 is 14.6 Å². The zero-order valence-corrected chi connectivity index (χ0v) is 57.5. The van der Waals surface area contributed by atoms with Crippen LogP contribution in [0.25, 0.3) is 0 Å². The molecule has 0 aromatic rings. The number of rotatable bonds is 74. The van der Waals surface area contributed by atoms with E-state index in [9.17, 15) is 14.7 Å². The molecule has 0 bridgehead atoms. The Bertz CT molecular complexity index is 1290. The molecule has 0 rings (SSSR count). The minimum atomic E-state index is -0.769. The molecule has 498 valence electrons. The summed E-state index contributed by atoms with van der Waals surface area (Å²) in [5, 5.41) is 9.72. The Morgan fingerprint density at radius 1 is 0.274 bits per heavy atom. The minimum absolute atomic E-state index is 0.0573. The molecule has 84 heavy (non-hydrogen) atoms. The zero-order chi connectivity index (χ0) is 60.5. The summed E-state index contributed by atoms with van der Waals surface area (Å²) < 4.78 is 10.8. The smallest absolute Gasteiger partial charge is 0.306 e. The van der Waals surface area contributed by atoms with Crippen LogP contribution in [0.3, 0.4) is 0 Å². The van der Waals surface area contributed by atoms with Crippen molar-refractivity contribution in [3.8, 4) is 0 Å². The van der Waals surface area contributed by atoms with Crippen molar-refractivity contribution in [1.29, 1.82) is 0 Å². The van der Waals surface area contributed by atoms with Gasteiger partial charge in [-0.25, -0.2) is 0 Å². The van der Waals surface area contributed by atoms with Crippen LogP contribution in [0.4, 0.5) is 0 Å². The molecule has 0 aromatic carbocycles. The lowest BCUT2D eigenvalue weighted by Crippen LogP contribution is -2.28. The molecule has 0 aliphatic rings. The van der Waals surface area contributed by atoms with E-state index < -0.39 is 6.10 Å². The summed E-state index contributed by atoms with van der Waals surface area (Å²) in [6, 6.07) is 0. The summed E-state index contributed by atoms with van der Waals surface area (Å²) in [7, 11) is 0. The van der Waals surface area contributed by atoms with Crippen LogP contribution in [-0.2, 0) is 19.1 Å². The largest absolute Gasteiger partial charge is 0.462 e. The molecule has 0 amide bonds. The van der Waals surface area contributed by atoms with Crippen LogP contribution in [0.15, 0.2) is 24.3 Å². The van der Waals surface area contributed by atoms with Crippen LogP contribution < -0.4 is 0 Å². The average Bonchev–Trinajstić information content (AvgIpc) is 3.51. The highest BCUT2D eigenvalue weighted by Crippen LogP contribution is 2.20. The first-order valence-electron chi connectivity index (χ1n) is 38.9. The van der Waals surface area contributed by atoms with Crippen LogP contribution in [0.2, 0.25) is 0 Å². The Kier molecular flexibility index (Phi) is 74.2. The van der Waals surface area contributed by atoms with Gasteiger partial charge in [0.25, 0.3) is 0 Å². The van der Waals surface area contributed by atoms with Crippen LogP contribution in [0, 0.1) is 0 Å². The SMILES string of the molecule is CCCCCCC/C=C\C/C=C\CCCCCCCCCCCCCCCCCCCCCCCC(=O)OC(CO)COC(=O)CCCCCCCCCCCCCCCCCCCCCCCCCCCCCCCCCCCCCCC. The summed E-state index contributed by atoms with van der Waals surface area (Å²) in [4.78, 5) is 24.7. The zero-order valence-electron chi connectivity index (χ0n) is 57.5. The van der Waals surface area contributed by atoms with E-state index in [1.165, 1.54) is 385 Å². The highest BCUT2D eigenvalue weighted by atomic mass is 16.6. The Hall–Kier alpha value is -1.62. The second kappa shape index (κ2) is 75.6. The molecule has 0 saturated heterocycles. The molecule has 0 aromatic heterocycles. The highest BCUT2D eigenvalue weighted by molar-refractivity contribution is 5.70. The molecule has 0 aliphatic carbocycles. The number of carbonyl (C=O) groups is 2. The fraction of sp³-hybridized carbons (Fsp3) is 0.924. The van der Waals surface area contributed by atoms with Crippen molar-refractivity contribution in [2.24, 2.45) is 0 Å². The number of aliphatic hydroxyl groups is 1. The average molecular weight is 1180 g/mol. The first-order valence-corrected chi connectivity index (χ1v) is 38.9. The number of esters is 2. The van der Waals surface area contributed by atoms with E-state index in [2.05, 4.69) is 38.2 Å². The van der Waals surface area contributed by atoms with Gasteiger partial charge in [-0.1, -0.05) is 417 Å². The van der Waals surface area contributed by atoms with Gasteiger partial charge in [0.15, 0.2) is 6.10 Å². The number of aliphatic hydroxyl groups excluding tert-OH is 1. The van der Waals surface area contributed by atoms with Gasteiger partial charge in [0.05, 0.1) is 6.61 Å². The molecule has 0 fully saturated rings.